The zero-order valence-electron chi connectivity index (χ0n) is 18.5. The molecule has 10 heteroatoms. The molecular formula is C25H20F2N4O4. The van der Waals surface area contributed by atoms with Crippen LogP contribution in [0, 0.1) is 11.6 Å². The Labute approximate surface area is 198 Å². The summed E-state index contributed by atoms with van der Waals surface area (Å²) in [5.74, 6) is -1.78. The largest absolute Gasteiger partial charge is 0.474 e. The van der Waals surface area contributed by atoms with E-state index in [1.165, 1.54) is 54.7 Å². The second-order valence-corrected chi connectivity index (χ2v) is 7.34. The molecule has 3 aromatic carbocycles. The van der Waals surface area contributed by atoms with Gasteiger partial charge in [0.25, 0.3) is 0 Å². The van der Waals surface area contributed by atoms with Gasteiger partial charge in [-0.3, -0.25) is 4.79 Å². The Balaban J connectivity index is 1.54. The number of ketones is 1. The second-order valence-electron chi connectivity index (χ2n) is 7.34. The van der Waals surface area contributed by atoms with E-state index in [1.54, 1.807) is 13.2 Å². The maximum absolute atomic E-state index is 15.1. The number of methoxy groups -OCH3 is 1. The molecule has 0 aliphatic heterocycles. The number of carbonyl (C=O) groups excluding carboxylic acids is 2. The summed E-state index contributed by atoms with van der Waals surface area (Å²) in [6, 6.07) is 13.1. The van der Waals surface area contributed by atoms with Crippen LogP contribution in [0.3, 0.4) is 0 Å². The fraction of sp³-hybridized carbons (Fsp3) is 0.120. The molecule has 0 aliphatic carbocycles. The molecule has 0 fully saturated rings. The molecule has 4 aromatic rings. The van der Waals surface area contributed by atoms with Crippen molar-refractivity contribution in [3.8, 4) is 5.88 Å². The van der Waals surface area contributed by atoms with E-state index in [0.29, 0.717) is 17.6 Å². The van der Waals surface area contributed by atoms with Crippen LogP contribution in [0.25, 0.3) is 11.0 Å². The Morgan fingerprint density at radius 2 is 1.77 bits per heavy atom. The molecule has 0 saturated carbocycles. The van der Waals surface area contributed by atoms with Crippen LogP contribution in [0.4, 0.5) is 25.0 Å². The first-order chi connectivity index (χ1) is 16.9. The molecule has 35 heavy (non-hydrogen) atoms. The minimum Gasteiger partial charge on any atom is -0.474 e. The molecule has 0 aliphatic rings. The number of rotatable bonds is 8. The highest BCUT2D eigenvalue weighted by molar-refractivity contribution is 6.11. The number of carbonyl (C=O) groups is 2. The van der Waals surface area contributed by atoms with Gasteiger partial charge in [-0.15, -0.1) is 0 Å². The number of nitrogens with zero attached hydrogens (tertiary/aromatic N) is 2. The SMILES string of the molecule is COCCOc1cnc2ccc(C(=O)c3cccc(NC(=O)Nc4cccc(F)c4)c3F)cc2n1. The number of halogens is 2. The van der Waals surface area contributed by atoms with Crippen LogP contribution >= 0.6 is 0 Å². The lowest BCUT2D eigenvalue weighted by molar-refractivity contribution is 0.103. The van der Waals surface area contributed by atoms with Gasteiger partial charge < -0.3 is 20.1 Å². The van der Waals surface area contributed by atoms with Gasteiger partial charge in [0.2, 0.25) is 5.88 Å². The lowest BCUT2D eigenvalue weighted by atomic mass is 10.0. The second kappa shape index (κ2) is 10.7. The lowest BCUT2D eigenvalue weighted by Gasteiger charge is -2.11. The highest BCUT2D eigenvalue weighted by atomic mass is 19.1. The first kappa shape index (κ1) is 23.7. The van der Waals surface area contributed by atoms with Crippen molar-refractivity contribution in [1.29, 1.82) is 0 Å². The normalized spacial score (nSPS) is 10.7. The number of urea groups is 1. The van der Waals surface area contributed by atoms with Crippen LogP contribution < -0.4 is 15.4 Å². The third-order valence-electron chi connectivity index (χ3n) is 4.89. The topological polar surface area (TPSA) is 102 Å². The molecular weight excluding hydrogens is 458 g/mol. The van der Waals surface area contributed by atoms with Gasteiger partial charge in [-0.1, -0.05) is 12.1 Å². The van der Waals surface area contributed by atoms with Gasteiger partial charge in [0.05, 0.1) is 35.1 Å². The summed E-state index contributed by atoms with van der Waals surface area (Å²) >= 11 is 0. The number of hydrogen-bond donors (Lipinski definition) is 2. The predicted octanol–water partition coefficient (Wildman–Crippen LogP) is 4.81. The molecule has 0 spiro atoms. The number of amides is 2. The molecule has 0 saturated heterocycles. The molecule has 4 rings (SSSR count). The number of nitrogens with one attached hydrogen (secondary N) is 2. The van der Waals surface area contributed by atoms with Crippen LogP contribution in [-0.4, -0.2) is 42.1 Å². The van der Waals surface area contributed by atoms with Crippen molar-refractivity contribution in [2.75, 3.05) is 31.0 Å². The zero-order chi connectivity index (χ0) is 24.8. The van der Waals surface area contributed by atoms with Crippen LogP contribution in [0.2, 0.25) is 0 Å². The number of hydrogen-bond acceptors (Lipinski definition) is 6. The number of ether oxygens (including phenoxy) is 2. The number of benzene rings is 3. The first-order valence-corrected chi connectivity index (χ1v) is 10.5. The lowest BCUT2D eigenvalue weighted by Crippen LogP contribution is -2.21. The van der Waals surface area contributed by atoms with Crippen LogP contribution in [0.15, 0.2) is 66.9 Å². The summed E-state index contributed by atoms with van der Waals surface area (Å²) in [5, 5.41) is 4.74. The van der Waals surface area contributed by atoms with Gasteiger partial charge in [-0.25, -0.2) is 23.5 Å². The van der Waals surface area contributed by atoms with Crippen molar-refractivity contribution < 1.29 is 27.8 Å². The monoisotopic (exact) mass is 478 g/mol. The average Bonchev–Trinajstić information content (AvgIpc) is 2.84. The van der Waals surface area contributed by atoms with Gasteiger partial charge in [-0.05, 0) is 48.5 Å². The molecule has 178 valence electrons. The molecule has 0 unspecified atom stereocenters. The van der Waals surface area contributed by atoms with Crippen molar-refractivity contribution in [1.82, 2.24) is 9.97 Å². The summed E-state index contributed by atoms with van der Waals surface area (Å²) in [4.78, 5) is 33.9. The third-order valence-corrected chi connectivity index (χ3v) is 4.89. The van der Waals surface area contributed by atoms with E-state index in [1.807, 2.05) is 0 Å². The van der Waals surface area contributed by atoms with Crippen molar-refractivity contribution >= 4 is 34.2 Å². The van der Waals surface area contributed by atoms with Gasteiger partial charge >= 0.3 is 6.03 Å². The van der Waals surface area contributed by atoms with Crippen molar-refractivity contribution in [2.24, 2.45) is 0 Å². The molecule has 8 nitrogen and oxygen atoms in total. The van der Waals surface area contributed by atoms with Gasteiger partial charge in [0.15, 0.2) is 11.6 Å². The molecule has 1 aromatic heterocycles. The van der Waals surface area contributed by atoms with E-state index in [0.717, 1.165) is 6.07 Å². The highest BCUT2D eigenvalue weighted by Gasteiger charge is 2.19. The molecule has 0 bridgehead atoms. The smallest absolute Gasteiger partial charge is 0.323 e. The van der Waals surface area contributed by atoms with E-state index in [2.05, 4.69) is 20.6 Å². The molecule has 1 heterocycles. The van der Waals surface area contributed by atoms with E-state index in [-0.39, 0.29) is 35.0 Å². The van der Waals surface area contributed by atoms with Crippen molar-refractivity contribution in [3.05, 3.63) is 89.6 Å². The minimum absolute atomic E-state index is 0.182. The van der Waals surface area contributed by atoms with Crippen molar-refractivity contribution in [3.63, 3.8) is 0 Å². The van der Waals surface area contributed by atoms with Gasteiger partial charge in [0.1, 0.15) is 12.4 Å². The van der Waals surface area contributed by atoms with Crippen LogP contribution in [0.5, 0.6) is 5.88 Å². The van der Waals surface area contributed by atoms with Gasteiger partial charge in [-0.2, -0.15) is 0 Å². The molecule has 2 N–H and O–H groups in total. The summed E-state index contributed by atoms with van der Waals surface area (Å²) in [7, 11) is 1.55. The summed E-state index contributed by atoms with van der Waals surface area (Å²) in [6.45, 7) is 0.662. The number of aromatic nitrogens is 2. The Bertz CT molecular complexity index is 1400. The quantitative estimate of drug-likeness (QED) is 0.278. The molecule has 2 amide bonds. The fourth-order valence-corrected chi connectivity index (χ4v) is 3.25. The molecule has 0 atom stereocenters. The van der Waals surface area contributed by atoms with Crippen molar-refractivity contribution in [2.45, 2.75) is 0 Å². The third kappa shape index (κ3) is 5.74. The average molecular weight is 478 g/mol. The number of fused-ring (bicyclic) bond motifs is 1. The van der Waals surface area contributed by atoms with Gasteiger partial charge in [0, 0.05) is 18.4 Å². The summed E-state index contributed by atoms with van der Waals surface area (Å²) < 4.78 is 38.8. The Hall–Kier alpha value is -4.44. The standard InChI is InChI=1S/C25H20F2N4O4/c1-34-10-11-35-22-14-28-19-9-8-15(12-21(19)30-22)24(32)18-6-3-7-20(23(18)27)31-25(33)29-17-5-2-4-16(26)13-17/h2-9,12-14H,10-11H2,1H3,(H2,29,31,33). The minimum atomic E-state index is -0.908. The summed E-state index contributed by atoms with van der Waals surface area (Å²) in [5.41, 5.74) is 0.854. The summed E-state index contributed by atoms with van der Waals surface area (Å²) in [6.07, 6.45) is 1.46. The van der Waals surface area contributed by atoms with E-state index < -0.39 is 23.4 Å². The predicted molar refractivity (Wildman–Crippen MR) is 126 cm³/mol. The number of anilines is 2. The van der Waals surface area contributed by atoms with E-state index >= 15 is 4.39 Å². The first-order valence-electron chi connectivity index (χ1n) is 10.5. The maximum atomic E-state index is 15.1. The van der Waals surface area contributed by atoms with E-state index in [9.17, 15) is 14.0 Å². The Morgan fingerprint density at radius 1 is 0.943 bits per heavy atom. The molecule has 0 radical (unpaired) electrons. The Kier molecular flexibility index (Phi) is 7.22. The highest BCUT2D eigenvalue weighted by Crippen LogP contribution is 2.23. The van der Waals surface area contributed by atoms with E-state index in [4.69, 9.17) is 9.47 Å². The fourth-order valence-electron chi connectivity index (χ4n) is 3.25. The zero-order valence-corrected chi connectivity index (χ0v) is 18.5. The maximum Gasteiger partial charge on any atom is 0.323 e. The van der Waals surface area contributed by atoms with Crippen LogP contribution in [0.1, 0.15) is 15.9 Å². The van der Waals surface area contributed by atoms with Crippen LogP contribution in [-0.2, 0) is 4.74 Å². The Morgan fingerprint density at radius 3 is 2.57 bits per heavy atom.